The fraction of sp³-hybridized carbons (Fsp3) is 0.769. The van der Waals surface area contributed by atoms with Gasteiger partial charge < -0.3 is 49.4 Å². The van der Waals surface area contributed by atoms with Gasteiger partial charge in [0, 0.05) is 58.4 Å². The molecule has 0 bridgehead atoms. The average Bonchev–Trinajstić information content (AvgIpc) is 3.56. The molecule has 18 nitrogen and oxygen atoms in total. The second-order valence-corrected chi connectivity index (χ2v) is 17.5. The molecule has 322 valence electrons. The van der Waals surface area contributed by atoms with E-state index in [2.05, 4.69) is 9.88 Å². The zero-order chi connectivity index (χ0) is 42.7. The number of aliphatic hydroxyl groups is 1. The molecule has 1 aromatic rings. The van der Waals surface area contributed by atoms with Gasteiger partial charge in [-0.1, -0.05) is 0 Å². The van der Waals surface area contributed by atoms with Gasteiger partial charge in [-0.15, -0.1) is 0 Å². The minimum absolute atomic E-state index is 0.0570. The maximum absolute atomic E-state index is 13.4. The molecular weight excluding hydrogens is 742 g/mol. The highest BCUT2D eigenvalue weighted by Crippen LogP contribution is 2.29. The first-order chi connectivity index (χ1) is 26.4. The van der Waals surface area contributed by atoms with Gasteiger partial charge >= 0.3 is 24.0 Å². The topological polar surface area (TPSA) is 216 Å². The quantitative estimate of drug-likeness (QED) is 0.284. The third kappa shape index (κ3) is 16.2. The third-order valence-electron chi connectivity index (χ3n) is 9.01. The van der Waals surface area contributed by atoms with Crippen LogP contribution in [0.15, 0.2) is 17.1 Å². The van der Waals surface area contributed by atoms with E-state index in [4.69, 9.17) is 24.7 Å². The minimum Gasteiger partial charge on any atom is -0.444 e. The lowest BCUT2D eigenvalue weighted by Gasteiger charge is -2.34. The Bertz CT molecular complexity index is 1600. The number of nitrogens with zero attached hydrogens (tertiary/aromatic N) is 6. The van der Waals surface area contributed by atoms with Crippen LogP contribution in [0.4, 0.5) is 20.2 Å². The second kappa shape index (κ2) is 20.4. The van der Waals surface area contributed by atoms with Crippen LogP contribution in [0.5, 0.6) is 0 Å². The SMILES string of the molecule is CC(C)(C)OC(=O)N1CCCN(C(=O)OC(C)(C)C)CCN(C(=O)OC(C)(C)C)CCCN(CCCC(=O)C(=O)C(O)[C@@H]2CC[C@H](n3ccc(N)nc3=O)O2)CC1. The van der Waals surface area contributed by atoms with Crippen molar-refractivity contribution in [2.45, 2.75) is 136 Å². The van der Waals surface area contributed by atoms with Crippen molar-refractivity contribution >= 4 is 35.7 Å². The van der Waals surface area contributed by atoms with Crippen molar-refractivity contribution in [3.05, 3.63) is 22.7 Å². The molecule has 0 spiro atoms. The van der Waals surface area contributed by atoms with E-state index >= 15 is 0 Å². The Labute approximate surface area is 335 Å². The number of hydrogen-bond acceptors (Lipinski definition) is 14. The summed E-state index contributed by atoms with van der Waals surface area (Å²) in [6.07, 6.45) is -1.90. The van der Waals surface area contributed by atoms with Crippen LogP contribution in [0.3, 0.4) is 0 Å². The van der Waals surface area contributed by atoms with Crippen LogP contribution in [0.25, 0.3) is 0 Å². The lowest BCUT2D eigenvalue weighted by Crippen LogP contribution is -2.47. The van der Waals surface area contributed by atoms with Gasteiger partial charge in [-0.05, 0) is 114 Å². The summed E-state index contributed by atoms with van der Waals surface area (Å²) in [6.45, 7) is 18.7. The first-order valence-corrected chi connectivity index (χ1v) is 19.8. The van der Waals surface area contributed by atoms with E-state index in [1.54, 1.807) is 77.0 Å². The van der Waals surface area contributed by atoms with Gasteiger partial charge in [0.05, 0.1) is 6.10 Å². The molecule has 0 aromatic carbocycles. The van der Waals surface area contributed by atoms with E-state index in [0.29, 0.717) is 45.4 Å². The molecule has 2 fully saturated rings. The molecule has 3 rings (SSSR count). The Morgan fingerprint density at radius 2 is 1.25 bits per heavy atom. The molecule has 2 aliphatic rings. The summed E-state index contributed by atoms with van der Waals surface area (Å²) >= 11 is 0. The summed E-state index contributed by atoms with van der Waals surface area (Å²) in [6, 6.07) is 1.44. The Morgan fingerprint density at radius 1 is 0.772 bits per heavy atom. The van der Waals surface area contributed by atoms with E-state index < -0.39 is 70.8 Å². The Hall–Kier alpha value is -4.29. The van der Waals surface area contributed by atoms with Gasteiger partial charge in [-0.25, -0.2) is 19.2 Å². The van der Waals surface area contributed by atoms with Crippen LogP contribution in [0, 0.1) is 0 Å². The average molecular weight is 808 g/mol. The molecule has 3 atom stereocenters. The van der Waals surface area contributed by atoms with Crippen molar-refractivity contribution in [1.82, 2.24) is 29.2 Å². The van der Waals surface area contributed by atoms with Crippen molar-refractivity contribution in [3.8, 4) is 0 Å². The van der Waals surface area contributed by atoms with Gasteiger partial charge in [0.25, 0.3) is 0 Å². The smallest absolute Gasteiger partial charge is 0.410 e. The predicted octanol–water partition coefficient (Wildman–Crippen LogP) is 3.59. The number of amides is 3. The molecule has 1 aromatic heterocycles. The first-order valence-electron chi connectivity index (χ1n) is 19.8. The van der Waals surface area contributed by atoms with E-state index in [-0.39, 0.29) is 57.8 Å². The number of ketones is 2. The van der Waals surface area contributed by atoms with Crippen molar-refractivity contribution in [2.75, 3.05) is 64.6 Å². The number of anilines is 1. The van der Waals surface area contributed by atoms with Crippen LogP contribution in [-0.2, 0) is 28.5 Å². The number of aromatic nitrogens is 2. The van der Waals surface area contributed by atoms with Gasteiger partial charge in [0.2, 0.25) is 11.6 Å². The van der Waals surface area contributed by atoms with Crippen LogP contribution in [-0.4, -0.2) is 152 Å². The lowest BCUT2D eigenvalue weighted by atomic mass is 10.0. The molecule has 0 saturated carbocycles. The van der Waals surface area contributed by atoms with Crippen LogP contribution in [0.1, 0.15) is 107 Å². The maximum atomic E-state index is 13.4. The fourth-order valence-corrected chi connectivity index (χ4v) is 6.29. The highest BCUT2D eigenvalue weighted by molar-refractivity contribution is 6.38. The van der Waals surface area contributed by atoms with Crippen LogP contribution in [0.2, 0.25) is 0 Å². The molecule has 3 amide bonds. The highest BCUT2D eigenvalue weighted by atomic mass is 16.6. The van der Waals surface area contributed by atoms with Crippen molar-refractivity contribution in [1.29, 1.82) is 0 Å². The van der Waals surface area contributed by atoms with E-state index in [9.17, 15) is 33.9 Å². The molecule has 0 radical (unpaired) electrons. The van der Waals surface area contributed by atoms with Crippen molar-refractivity contribution in [3.63, 3.8) is 0 Å². The van der Waals surface area contributed by atoms with E-state index in [1.807, 2.05) is 0 Å². The maximum Gasteiger partial charge on any atom is 0.410 e. The normalized spacial score (nSPS) is 20.4. The van der Waals surface area contributed by atoms with Gasteiger partial charge in [0.15, 0.2) is 0 Å². The first kappa shape index (κ1) is 47.1. The van der Waals surface area contributed by atoms with Gasteiger partial charge in [-0.2, -0.15) is 4.98 Å². The number of carbonyl (C=O) groups excluding carboxylic acids is 5. The molecule has 3 heterocycles. The summed E-state index contributed by atoms with van der Waals surface area (Å²) in [5, 5.41) is 10.8. The Balaban J connectivity index is 1.71. The molecule has 57 heavy (non-hydrogen) atoms. The highest BCUT2D eigenvalue weighted by Gasteiger charge is 2.38. The summed E-state index contributed by atoms with van der Waals surface area (Å²) in [5.74, 6) is -1.65. The van der Waals surface area contributed by atoms with Gasteiger partial charge in [-0.3, -0.25) is 14.2 Å². The predicted molar refractivity (Wildman–Crippen MR) is 210 cm³/mol. The number of nitrogens with two attached hydrogens (primary N) is 1. The lowest BCUT2D eigenvalue weighted by molar-refractivity contribution is -0.148. The molecule has 3 N–H and O–H groups in total. The number of hydrogen-bond donors (Lipinski definition) is 2. The molecule has 0 aliphatic carbocycles. The summed E-state index contributed by atoms with van der Waals surface area (Å²) in [5.41, 5.74) is 2.73. The summed E-state index contributed by atoms with van der Waals surface area (Å²) in [7, 11) is 0. The largest absolute Gasteiger partial charge is 0.444 e. The van der Waals surface area contributed by atoms with Crippen LogP contribution < -0.4 is 11.4 Å². The molecule has 2 aliphatic heterocycles. The Morgan fingerprint density at radius 3 is 1.72 bits per heavy atom. The number of aliphatic hydroxyl groups excluding tert-OH is 1. The van der Waals surface area contributed by atoms with Crippen molar-refractivity contribution in [2.24, 2.45) is 0 Å². The number of ether oxygens (including phenoxy) is 4. The molecular formula is C39H65N7O11. The molecule has 18 heteroatoms. The minimum atomic E-state index is -1.69. The monoisotopic (exact) mass is 807 g/mol. The number of Topliss-reactive ketones (excluding diaryl/α,β-unsaturated/α-hetero) is 2. The van der Waals surface area contributed by atoms with Crippen LogP contribution >= 0.6 is 0 Å². The summed E-state index contributed by atoms with van der Waals surface area (Å²) < 4.78 is 24.1. The summed E-state index contributed by atoms with van der Waals surface area (Å²) in [4.78, 5) is 88.7. The third-order valence-corrected chi connectivity index (χ3v) is 9.01. The number of rotatable bonds is 8. The molecule has 2 saturated heterocycles. The van der Waals surface area contributed by atoms with E-state index in [1.165, 1.54) is 16.8 Å². The zero-order valence-electron chi connectivity index (χ0n) is 35.3. The second-order valence-electron chi connectivity index (χ2n) is 17.5. The number of carbonyl (C=O) groups is 5. The standard InChI is InChI=1S/C39H65N7O11/c1-37(2,3)55-34(51)43-20-12-21-45(36(53)57-39(7,8)9)26-25-44(35(52)56-38(4,5)6)19-11-18-42(23-24-43)17-10-13-27(47)31(48)32(49)28-14-15-30(54-28)46-22-16-29(40)41-33(46)50/h16,22,28,30,32,49H,10-15,17-21,23-26H2,1-9H3,(H2,40,41,50)/t28-,30+,32?/m0/s1. The molecule has 1 unspecified atom stereocenters. The van der Waals surface area contributed by atoms with Gasteiger partial charge in [0.1, 0.15) is 35.0 Å². The Kier molecular flexibility index (Phi) is 16.9. The fourth-order valence-electron chi connectivity index (χ4n) is 6.29. The van der Waals surface area contributed by atoms with Crippen molar-refractivity contribution < 1.29 is 48.0 Å². The zero-order valence-corrected chi connectivity index (χ0v) is 35.3. The number of nitrogen functional groups attached to an aromatic ring is 1. The van der Waals surface area contributed by atoms with E-state index in [0.717, 1.165) is 0 Å².